The average molecular weight is 156 g/mol. The minimum atomic E-state index is 0.741. The lowest BCUT2D eigenvalue weighted by molar-refractivity contribution is -0.107. The van der Waals surface area contributed by atoms with Gasteiger partial charge in [-0.15, -0.1) is 0 Å². The van der Waals surface area contributed by atoms with Crippen LogP contribution in [0.15, 0.2) is 0 Å². The molecule has 11 heavy (non-hydrogen) atoms. The van der Waals surface area contributed by atoms with Crippen molar-refractivity contribution >= 4 is 6.29 Å². The van der Waals surface area contributed by atoms with Crippen LogP contribution in [0.3, 0.4) is 0 Å². The molecule has 0 aliphatic carbocycles. The fourth-order valence-electron chi connectivity index (χ4n) is 1.03. The van der Waals surface area contributed by atoms with E-state index < -0.39 is 0 Å². The van der Waals surface area contributed by atoms with Gasteiger partial charge < -0.3 is 4.79 Å². The summed E-state index contributed by atoms with van der Waals surface area (Å²) in [7, 11) is 0. The zero-order chi connectivity index (χ0) is 8.69. The highest BCUT2D eigenvalue weighted by molar-refractivity contribution is 5.48. The molecule has 1 heteroatoms. The molecule has 0 radical (unpaired) electrons. The van der Waals surface area contributed by atoms with E-state index in [2.05, 4.69) is 20.8 Å². The lowest BCUT2D eigenvalue weighted by atomic mass is 9.92. The summed E-state index contributed by atoms with van der Waals surface area (Å²) in [4.78, 5) is 9.98. The molecular formula is C10H20O. The Balaban J connectivity index is 3.17. The van der Waals surface area contributed by atoms with Crippen LogP contribution in [-0.4, -0.2) is 6.29 Å². The lowest BCUT2D eigenvalue weighted by Gasteiger charge is -2.14. The van der Waals surface area contributed by atoms with Crippen LogP contribution in [0.25, 0.3) is 0 Å². The molecule has 0 saturated heterocycles. The molecule has 0 fully saturated rings. The van der Waals surface area contributed by atoms with Crippen molar-refractivity contribution in [2.45, 2.75) is 46.5 Å². The maximum Gasteiger partial charge on any atom is 0.119 e. The van der Waals surface area contributed by atoms with Gasteiger partial charge in [0.15, 0.2) is 0 Å². The Hall–Kier alpha value is -0.330. The summed E-state index contributed by atoms with van der Waals surface area (Å²) in [5.41, 5.74) is 0. The van der Waals surface area contributed by atoms with Gasteiger partial charge in [0, 0.05) is 6.42 Å². The second kappa shape index (κ2) is 6.38. The van der Waals surface area contributed by atoms with Crippen LogP contribution >= 0.6 is 0 Å². The smallest absolute Gasteiger partial charge is 0.119 e. The third kappa shape index (κ3) is 6.08. The van der Waals surface area contributed by atoms with Gasteiger partial charge in [0.25, 0.3) is 0 Å². The van der Waals surface area contributed by atoms with E-state index in [4.69, 9.17) is 0 Å². The molecule has 0 N–H and O–H groups in total. The molecule has 0 spiro atoms. The molecule has 0 rings (SSSR count). The monoisotopic (exact) mass is 156 g/mol. The Labute approximate surface area is 70.2 Å². The molecule has 0 aromatic rings. The normalized spacial score (nSPS) is 13.5. The van der Waals surface area contributed by atoms with Crippen LogP contribution in [0.1, 0.15) is 46.5 Å². The Kier molecular flexibility index (Phi) is 6.19. The highest BCUT2D eigenvalue weighted by Crippen LogP contribution is 2.16. The van der Waals surface area contributed by atoms with Gasteiger partial charge in [-0.3, -0.25) is 0 Å². The number of hydrogen-bond acceptors (Lipinski definition) is 1. The number of unbranched alkanes of at least 4 members (excludes halogenated alkanes) is 2. The predicted molar refractivity (Wildman–Crippen MR) is 48.5 cm³/mol. The Bertz CT molecular complexity index is 97.0. The van der Waals surface area contributed by atoms with E-state index in [1.54, 1.807) is 0 Å². The quantitative estimate of drug-likeness (QED) is 0.426. The third-order valence-corrected chi connectivity index (χ3v) is 2.37. The van der Waals surface area contributed by atoms with Gasteiger partial charge in [-0.25, -0.2) is 0 Å². The van der Waals surface area contributed by atoms with Gasteiger partial charge in [-0.1, -0.05) is 33.6 Å². The molecule has 0 aliphatic rings. The van der Waals surface area contributed by atoms with Crippen molar-refractivity contribution in [3.05, 3.63) is 0 Å². The highest BCUT2D eigenvalue weighted by atomic mass is 16.1. The Morgan fingerprint density at radius 3 is 2.27 bits per heavy atom. The molecule has 66 valence electrons. The van der Waals surface area contributed by atoms with Crippen LogP contribution < -0.4 is 0 Å². The molecule has 0 heterocycles. The zero-order valence-corrected chi connectivity index (χ0v) is 7.97. The predicted octanol–water partition coefficient (Wildman–Crippen LogP) is 3.04. The molecule has 0 saturated carbocycles. The van der Waals surface area contributed by atoms with E-state index in [-0.39, 0.29) is 0 Å². The van der Waals surface area contributed by atoms with Crippen molar-refractivity contribution in [1.29, 1.82) is 0 Å². The maximum absolute atomic E-state index is 9.98. The molecule has 1 nitrogen and oxygen atoms in total. The van der Waals surface area contributed by atoms with E-state index in [0.717, 1.165) is 31.0 Å². The standard InChI is InChI=1S/C10H20O/c1-9(2)10(3)7-5-4-6-8-11/h8-10H,4-7H2,1-3H3. The van der Waals surface area contributed by atoms with Crippen molar-refractivity contribution in [2.24, 2.45) is 11.8 Å². The molecular weight excluding hydrogens is 136 g/mol. The first-order chi connectivity index (χ1) is 5.18. The van der Waals surface area contributed by atoms with Crippen LogP contribution in [-0.2, 0) is 4.79 Å². The highest BCUT2D eigenvalue weighted by Gasteiger charge is 2.05. The summed E-state index contributed by atoms with van der Waals surface area (Å²) in [5, 5.41) is 0. The number of rotatable bonds is 6. The van der Waals surface area contributed by atoms with Gasteiger partial charge in [-0.05, 0) is 18.3 Å². The maximum atomic E-state index is 9.98. The molecule has 0 aromatic heterocycles. The molecule has 1 unspecified atom stereocenters. The lowest BCUT2D eigenvalue weighted by Crippen LogP contribution is -2.03. The van der Waals surface area contributed by atoms with Gasteiger partial charge >= 0.3 is 0 Å². The van der Waals surface area contributed by atoms with Crippen molar-refractivity contribution in [3.63, 3.8) is 0 Å². The van der Waals surface area contributed by atoms with Gasteiger partial charge in [0.05, 0.1) is 0 Å². The Morgan fingerprint density at radius 1 is 1.18 bits per heavy atom. The molecule has 0 aromatic carbocycles. The number of aldehydes is 1. The minimum Gasteiger partial charge on any atom is -0.303 e. The van der Waals surface area contributed by atoms with Crippen molar-refractivity contribution < 1.29 is 4.79 Å². The number of carbonyl (C=O) groups excluding carboxylic acids is 1. The van der Waals surface area contributed by atoms with E-state index in [1.165, 1.54) is 12.8 Å². The molecule has 0 bridgehead atoms. The van der Waals surface area contributed by atoms with Crippen LogP contribution in [0.4, 0.5) is 0 Å². The average Bonchev–Trinajstić information content (AvgIpc) is 1.97. The van der Waals surface area contributed by atoms with E-state index in [1.807, 2.05) is 0 Å². The van der Waals surface area contributed by atoms with Crippen LogP contribution in [0.2, 0.25) is 0 Å². The van der Waals surface area contributed by atoms with E-state index >= 15 is 0 Å². The number of hydrogen-bond donors (Lipinski definition) is 0. The molecule has 1 atom stereocenters. The fraction of sp³-hybridized carbons (Fsp3) is 0.900. The van der Waals surface area contributed by atoms with Crippen LogP contribution in [0, 0.1) is 11.8 Å². The summed E-state index contributed by atoms with van der Waals surface area (Å²) in [6, 6.07) is 0. The topological polar surface area (TPSA) is 17.1 Å². The molecule has 0 amide bonds. The van der Waals surface area contributed by atoms with E-state index in [0.29, 0.717) is 0 Å². The minimum absolute atomic E-state index is 0.741. The molecule has 0 aliphatic heterocycles. The SMILES string of the molecule is CC(C)C(C)CCCCC=O. The van der Waals surface area contributed by atoms with E-state index in [9.17, 15) is 4.79 Å². The first kappa shape index (κ1) is 10.7. The first-order valence-corrected chi connectivity index (χ1v) is 4.62. The third-order valence-electron chi connectivity index (χ3n) is 2.37. The summed E-state index contributed by atoms with van der Waals surface area (Å²) in [5.74, 6) is 1.59. The van der Waals surface area contributed by atoms with Crippen molar-refractivity contribution in [2.75, 3.05) is 0 Å². The van der Waals surface area contributed by atoms with Gasteiger partial charge in [-0.2, -0.15) is 0 Å². The second-order valence-corrected chi connectivity index (χ2v) is 3.67. The second-order valence-electron chi connectivity index (χ2n) is 3.67. The number of carbonyl (C=O) groups is 1. The van der Waals surface area contributed by atoms with Crippen LogP contribution in [0.5, 0.6) is 0 Å². The fourth-order valence-corrected chi connectivity index (χ4v) is 1.03. The van der Waals surface area contributed by atoms with Gasteiger partial charge in [0.2, 0.25) is 0 Å². The summed E-state index contributed by atoms with van der Waals surface area (Å²) in [6.07, 6.45) is 5.30. The largest absolute Gasteiger partial charge is 0.303 e. The zero-order valence-electron chi connectivity index (χ0n) is 7.97. The summed E-state index contributed by atoms with van der Waals surface area (Å²) in [6.45, 7) is 6.79. The van der Waals surface area contributed by atoms with Crippen molar-refractivity contribution in [3.8, 4) is 0 Å². The van der Waals surface area contributed by atoms with Crippen molar-refractivity contribution in [1.82, 2.24) is 0 Å². The first-order valence-electron chi connectivity index (χ1n) is 4.62. The van der Waals surface area contributed by atoms with Gasteiger partial charge in [0.1, 0.15) is 6.29 Å². The summed E-state index contributed by atoms with van der Waals surface area (Å²) >= 11 is 0. The summed E-state index contributed by atoms with van der Waals surface area (Å²) < 4.78 is 0. The Morgan fingerprint density at radius 2 is 1.82 bits per heavy atom.